The minimum absolute atomic E-state index is 0.0537. The highest BCUT2D eigenvalue weighted by Gasteiger charge is 2.30. The van der Waals surface area contributed by atoms with Gasteiger partial charge in [-0.15, -0.1) is 0 Å². The minimum atomic E-state index is -0.315. The van der Waals surface area contributed by atoms with E-state index in [1.54, 1.807) is 0 Å². The summed E-state index contributed by atoms with van der Waals surface area (Å²) >= 11 is 0. The van der Waals surface area contributed by atoms with Gasteiger partial charge in [-0.05, 0) is 36.4 Å². The van der Waals surface area contributed by atoms with Gasteiger partial charge in [-0.25, -0.2) is 0 Å². The topological polar surface area (TPSA) is 36.9 Å². The van der Waals surface area contributed by atoms with E-state index in [0.29, 0.717) is 26.4 Å². The Hall–Kier alpha value is -3.38. The van der Waals surface area contributed by atoms with Gasteiger partial charge in [-0.1, -0.05) is 87.8 Å². The van der Waals surface area contributed by atoms with Gasteiger partial charge in [0.15, 0.2) is 12.6 Å². The molecule has 194 valence electrons. The highest BCUT2D eigenvalue weighted by atomic mass is 16.7. The normalized spacial score (nSPS) is 19.1. The van der Waals surface area contributed by atoms with Crippen LogP contribution in [0.1, 0.15) is 73.7 Å². The number of hydrogen-bond donors (Lipinski definition) is 0. The van der Waals surface area contributed by atoms with Gasteiger partial charge in [-0.3, -0.25) is 0 Å². The first-order valence-electron chi connectivity index (χ1n) is 13.1. The predicted octanol–water partition coefficient (Wildman–Crippen LogP) is 6.63. The van der Waals surface area contributed by atoms with Crippen molar-refractivity contribution in [1.29, 1.82) is 0 Å². The molecule has 0 bridgehead atoms. The van der Waals surface area contributed by atoms with Crippen molar-refractivity contribution in [2.24, 2.45) is 10.8 Å². The van der Waals surface area contributed by atoms with E-state index < -0.39 is 0 Å². The standard InChI is InChI=1S/C34H34O4/c1-33(2)21-35-31(36-22-33)29-17-11-25(12-18-29)9-15-27-7-5-6-8-28(27)16-10-26-13-19-30(20-14-26)32-37-23-34(3,4)24-38-32/h5-8,11-14,17-20,31-32H,21-24H2,1-4H3. The van der Waals surface area contributed by atoms with Crippen LogP contribution in [0.15, 0.2) is 72.8 Å². The molecule has 0 atom stereocenters. The van der Waals surface area contributed by atoms with Crippen molar-refractivity contribution in [3.63, 3.8) is 0 Å². The van der Waals surface area contributed by atoms with Gasteiger partial charge >= 0.3 is 0 Å². The zero-order chi connectivity index (χ0) is 26.6. The Balaban J connectivity index is 1.25. The van der Waals surface area contributed by atoms with E-state index in [-0.39, 0.29) is 23.4 Å². The average molecular weight is 507 g/mol. The van der Waals surface area contributed by atoms with Crippen LogP contribution in [-0.2, 0) is 18.9 Å². The van der Waals surface area contributed by atoms with Gasteiger partial charge in [0.1, 0.15) is 0 Å². The van der Waals surface area contributed by atoms with Crippen molar-refractivity contribution in [2.45, 2.75) is 40.3 Å². The molecule has 0 spiro atoms. The maximum atomic E-state index is 5.89. The predicted molar refractivity (Wildman–Crippen MR) is 148 cm³/mol. The second-order valence-electron chi connectivity index (χ2n) is 11.5. The monoisotopic (exact) mass is 506 g/mol. The first-order valence-corrected chi connectivity index (χ1v) is 13.1. The smallest absolute Gasteiger partial charge is 0.183 e. The molecule has 2 aliphatic rings. The summed E-state index contributed by atoms with van der Waals surface area (Å²) in [6, 6.07) is 24.1. The van der Waals surface area contributed by atoms with Gasteiger partial charge in [0.2, 0.25) is 0 Å². The lowest BCUT2D eigenvalue weighted by Gasteiger charge is -2.34. The van der Waals surface area contributed by atoms with Gasteiger partial charge in [0.05, 0.1) is 26.4 Å². The molecule has 0 radical (unpaired) electrons. The van der Waals surface area contributed by atoms with E-state index in [4.69, 9.17) is 18.9 Å². The van der Waals surface area contributed by atoms with Crippen LogP contribution in [0.3, 0.4) is 0 Å². The lowest BCUT2D eigenvalue weighted by atomic mass is 9.95. The Morgan fingerprint density at radius 1 is 0.500 bits per heavy atom. The van der Waals surface area contributed by atoms with E-state index in [1.807, 2.05) is 72.8 Å². The minimum Gasteiger partial charge on any atom is -0.348 e. The molecule has 38 heavy (non-hydrogen) atoms. The first-order chi connectivity index (χ1) is 18.3. The van der Waals surface area contributed by atoms with Gasteiger partial charge < -0.3 is 18.9 Å². The van der Waals surface area contributed by atoms with Crippen molar-refractivity contribution in [3.05, 3.63) is 106 Å². The van der Waals surface area contributed by atoms with Crippen LogP contribution in [0.25, 0.3) is 0 Å². The van der Waals surface area contributed by atoms with Crippen LogP contribution in [-0.4, -0.2) is 26.4 Å². The molecule has 3 aromatic rings. The molecular weight excluding hydrogens is 472 g/mol. The van der Waals surface area contributed by atoms with Crippen LogP contribution in [0.2, 0.25) is 0 Å². The molecule has 2 saturated heterocycles. The van der Waals surface area contributed by atoms with Crippen LogP contribution in [0.5, 0.6) is 0 Å². The van der Waals surface area contributed by atoms with Crippen LogP contribution < -0.4 is 0 Å². The van der Waals surface area contributed by atoms with Crippen molar-refractivity contribution >= 4 is 0 Å². The second kappa shape index (κ2) is 11.2. The maximum Gasteiger partial charge on any atom is 0.183 e. The summed E-state index contributed by atoms with van der Waals surface area (Å²) in [4.78, 5) is 0. The fourth-order valence-electron chi connectivity index (χ4n) is 4.20. The zero-order valence-corrected chi connectivity index (χ0v) is 22.5. The molecule has 0 unspecified atom stereocenters. The third kappa shape index (κ3) is 6.73. The van der Waals surface area contributed by atoms with Crippen molar-refractivity contribution in [2.75, 3.05) is 26.4 Å². The molecule has 0 aromatic heterocycles. The second-order valence-corrected chi connectivity index (χ2v) is 11.5. The molecule has 4 heteroatoms. The number of hydrogen-bond acceptors (Lipinski definition) is 4. The molecule has 2 heterocycles. The summed E-state index contributed by atoms with van der Waals surface area (Å²) in [6.07, 6.45) is -0.630. The quantitative estimate of drug-likeness (QED) is 0.366. The van der Waals surface area contributed by atoms with Gasteiger partial charge in [-0.2, -0.15) is 0 Å². The number of ether oxygens (including phenoxy) is 4. The van der Waals surface area contributed by atoms with E-state index in [9.17, 15) is 0 Å². The maximum absolute atomic E-state index is 5.89. The summed E-state index contributed by atoms with van der Waals surface area (Å²) in [5.74, 6) is 13.1. The Kier molecular flexibility index (Phi) is 7.70. The fraction of sp³-hybridized carbons (Fsp3) is 0.353. The van der Waals surface area contributed by atoms with Gasteiger partial charge in [0, 0.05) is 44.2 Å². The molecule has 0 aliphatic carbocycles. The summed E-state index contributed by atoms with van der Waals surface area (Å²) in [5.41, 5.74) is 5.78. The molecule has 0 saturated carbocycles. The molecule has 3 aromatic carbocycles. The highest BCUT2D eigenvalue weighted by Crippen LogP contribution is 2.32. The lowest BCUT2D eigenvalue weighted by molar-refractivity contribution is -0.226. The Morgan fingerprint density at radius 3 is 1.18 bits per heavy atom. The van der Waals surface area contributed by atoms with E-state index in [2.05, 4.69) is 51.4 Å². The molecule has 0 N–H and O–H groups in total. The molecule has 2 fully saturated rings. The summed E-state index contributed by atoms with van der Waals surface area (Å²) in [6.45, 7) is 11.3. The third-order valence-electron chi connectivity index (χ3n) is 6.48. The Labute approximate surface area is 226 Å². The first kappa shape index (κ1) is 26.2. The van der Waals surface area contributed by atoms with Crippen LogP contribution in [0, 0.1) is 34.5 Å². The SMILES string of the molecule is CC1(C)COC(c2ccc(C#Cc3ccccc3C#Cc3ccc(C4OCC(C)(C)CO4)cc3)cc2)OC1. The molecule has 5 rings (SSSR count). The largest absolute Gasteiger partial charge is 0.348 e. The highest BCUT2D eigenvalue weighted by molar-refractivity contribution is 5.54. The van der Waals surface area contributed by atoms with Crippen molar-refractivity contribution in [1.82, 2.24) is 0 Å². The molecule has 2 aliphatic heterocycles. The third-order valence-corrected chi connectivity index (χ3v) is 6.48. The summed E-state index contributed by atoms with van der Waals surface area (Å²) < 4.78 is 23.5. The number of rotatable bonds is 2. The Bertz CT molecular complexity index is 1250. The van der Waals surface area contributed by atoms with Crippen molar-refractivity contribution < 1.29 is 18.9 Å². The summed E-state index contributed by atoms with van der Waals surface area (Å²) in [5, 5.41) is 0. The van der Waals surface area contributed by atoms with Gasteiger partial charge in [0.25, 0.3) is 0 Å². The van der Waals surface area contributed by atoms with E-state index in [0.717, 1.165) is 33.4 Å². The van der Waals surface area contributed by atoms with E-state index in [1.165, 1.54) is 0 Å². The lowest BCUT2D eigenvalue weighted by Crippen LogP contribution is -2.33. The van der Waals surface area contributed by atoms with E-state index >= 15 is 0 Å². The average Bonchev–Trinajstić information content (AvgIpc) is 2.92. The Morgan fingerprint density at radius 2 is 0.842 bits per heavy atom. The fourth-order valence-corrected chi connectivity index (χ4v) is 4.20. The van der Waals surface area contributed by atoms with Crippen molar-refractivity contribution in [3.8, 4) is 23.7 Å². The summed E-state index contributed by atoms with van der Waals surface area (Å²) in [7, 11) is 0. The zero-order valence-electron chi connectivity index (χ0n) is 22.5. The molecule has 0 amide bonds. The van der Waals surface area contributed by atoms with Crippen LogP contribution in [0.4, 0.5) is 0 Å². The molecule has 4 nitrogen and oxygen atoms in total. The van der Waals surface area contributed by atoms with Crippen LogP contribution >= 0.6 is 0 Å². The molecular formula is C34H34O4. The number of benzene rings is 3.